The third kappa shape index (κ3) is 5.75. The molecule has 6 nitrogen and oxygen atoms in total. The summed E-state index contributed by atoms with van der Waals surface area (Å²) in [6, 6.07) is 26.6. The number of aryl methyl sites for hydroxylation is 1. The molecule has 4 aromatic rings. The van der Waals surface area contributed by atoms with Crippen LogP contribution in [0, 0.1) is 6.92 Å². The van der Waals surface area contributed by atoms with Gasteiger partial charge in [0.25, 0.3) is 10.0 Å². The van der Waals surface area contributed by atoms with E-state index in [0.29, 0.717) is 10.7 Å². The van der Waals surface area contributed by atoms with Crippen LogP contribution in [0.1, 0.15) is 5.56 Å². The molecule has 0 fully saturated rings. The molecule has 0 aliphatic rings. The smallest absolute Gasteiger partial charge is 0.264 e. The maximum Gasteiger partial charge on any atom is 0.264 e. The van der Waals surface area contributed by atoms with Crippen LogP contribution in [0.4, 0.5) is 5.69 Å². The Labute approximate surface area is 210 Å². The van der Waals surface area contributed by atoms with Gasteiger partial charge < -0.3 is 10.1 Å². The predicted molar refractivity (Wildman–Crippen MR) is 140 cm³/mol. The van der Waals surface area contributed by atoms with Gasteiger partial charge in [0.2, 0.25) is 5.91 Å². The molecule has 0 saturated carbocycles. The molecule has 0 unspecified atom stereocenters. The number of rotatable bonds is 9. The van der Waals surface area contributed by atoms with Crippen LogP contribution in [-0.4, -0.2) is 34.0 Å². The topological polar surface area (TPSA) is 75.7 Å². The van der Waals surface area contributed by atoms with Crippen molar-refractivity contribution in [1.29, 1.82) is 0 Å². The minimum Gasteiger partial charge on any atom is -0.491 e. The summed E-state index contributed by atoms with van der Waals surface area (Å²) >= 11 is 5.93. The fourth-order valence-electron chi connectivity index (χ4n) is 3.74. The summed E-state index contributed by atoms with van der Waals surface area (Å²) in [5.41, 5.74) is 1.17. The molecular weight excluding hydrogens is 484 g/mol. The van der Waals surface area contributed by atoms with Crippen molar-refractivity contribution in [2.24, 2.45) is 0 Å². The number of amides is 1. The second-order valence-corrected chi connectivity index (χ2v) is 10.2. The molecule has 8 heteroatoms. The highest BCUT2D eigenvalue weighted by atomic mass is 35.5. The molecule has 4 rings (SSSR count). The number of fused-ring (bicyclic) bond motifs is 1. The van der Waals surface area contributed by atoms with Crippen molar-refractivity contribution in [2.75, 3.05) is 24.0 Å². The molecule has 0 heterocycles. The van der Waals surface area contributed by atoms with Crippen LogP contribution < -0.4 is 14.4 Å². The van der Waals surface area contributed by atoms with E-state index in [1.807, 2.05) is 48.5 Å². The first-order chi connectivity index (χ1) is 16.9. The van der Waals surface area contributed by atoms with E-state index < -0.39 is 15.9 Å². The van der Waals surface area contributed by atoms with Crippen LogP contribution >= 0.6 is 11.6 Å². The van der Waals surface area contributed by atoms with Crippen LogP contribution in [0.5, 0.6) is 5.75 Å². The van der Waals surface area contributed by atoms with Gasteiger partial charge in [0.05, 0.1) is 17.1 Å². The Hall–Kier alpha value is -3.55. The highest BCUT2D eigenvalue weighted by molar-refractivity contribution is 7.92. The van der Waals surface area contributed by atoms with Crippen LogP contribution in [0.25, 0.3) is 10.8 Å². The zero-order valence-electron chi connectivity index (χ0n) is 19.1. The number of sulfonamides is 1. The number of benzene rings is 4. The lowest BCUT2D eigenvalue weighted by atomic mass is 10.1. The predicted octanol–water partition coefficient (Wildman–Crippen LogP) is 5.19. The Morgan fingerprint density at radius 3 is 2.37 bits per heavy atom. The number of halogens is 1. The van der Waals surface area contributed by atoms with E-state index in [0.717, 1.165) is 26.4 Å². The lowest BCUT2D eigenvalue weighted by Gasteiger charge is -2.25. The quantitative estimate of drug-likeness (QED) is 0.316. The van der Waals surface area contributed by atoms with E-state index in [1.165, 1.54) is 24.3 Å². The van der Waals surface area contributed by atoms with Gasteiger partial charge in [-0.1, -0.05) is 66.2 Å². The lowest BCUT2D eigenvalue weighted by molar-refractivity contribution is -0.119. The normalized spacial score (nSPS) is 11.3. The average Bonchev–Trinajstić information content (AvgIpc) is 2.86. The largest absolute Gasteiger partial charge is 0.491 e. The molecule has 0 bridgehead atoms. The summed E-state index contributed by atoms with van der Waals surface area (Å²) in [7, 11) is -4.00. The van der Waals surface area contributed by atoms with E-state index in [2.05, 4.69) is 5.32 Å². The molecule has 4 aromatic carbocycles. The Morgan fingerprint density at radius 2 is 1.60 bits per heavy atom. The van der Waals surface area contributed by atoms with Gasteiger partial charge in [-0.3, -0.25) is 9.10 Å². The molecule has 0 spiro atoms. The van der Waals surface area contributed by atoms with Crippen molar-refractivity contribution in [3.05, 3.63) is 102 Å². The number of nitrogens with zero attached hydrogens (tertiary/aromatic N) is 1. The van der Waals surface area contributed by atoms with Gasteiger partial charge in [0.15, 0.2) is 0 Å². The molecule has 1 amide bonds. The van der Waals surface area contributed by atoms with Gasteiger partial charge in [0, 0.05) is 10.4 Å². The summed E-state index contributed by atoms with van der Waals surface area (Å²) in [4.78, 5) is 12.9. The first kappa shape index (κ1) is 24.6. The van der Waals surface area contributed by atoms with Crippen molar-refractivity contribution in [3.63, 3.8) is 0 Å². The zero-order chi connectivity index (χ0) is 24.8. The van der Waals surface area contributed by atoms with Gasteiger partial charge in [-0.05, 0) is 54.3 Å². The minimum atomic E-state index is -4.00. The number of anilines is 1. The standard InChI is InChI=1S/C27H25ClN2O4S/c1-20-7-2-5-11-25(20)30(35(32,33)23-15-13-22(28)14-16-23)19-27(31)29-17-18-34-26-12-6-9-21-8-3-4-10-24(21)26/h2-16H,17-19H2,1H3,(H,29,31). The SMILES string of the molecule is Cc1ccccc1N(CC(=O)NCCOc1cccc2ccccc12)S(=O)(=O)c1ccc(Cl)cc1. The van der Waals surface area contributed by atoms with Crippen LogP contribution in [-0.2, 0) is 14.8 Å². The molecule has 1 N–H and O–H groups in total. The second kappa shape index (κ2) is 10.8. The number of nitrogens with one attached hydrogen (secondary N) is 1. The highest BCUT2D eigenvalue weighted by Crippen LogP contribution is 2.27. The fourth-order valence-corrected chi connectivity index (χ4v) is 5.35. The van der Waals surface area contributed by atoms with Gasteiger partial charge >= 0.3 is 0 Å². The maximum atomic E-state index is 13.4. The summed E-state index contributed by atoms with van der Waals surface area (Å²) in [5, 5.41) is 5.24. The third-order valence-electron chi connectivity index (χ3n) is 5.50. The molecule has 0 radical (unpaired) electrons. The number of para-hydroxylation sites is 1. The number of hydrogen-bond donors (Lipinski definition) is 1. The van der Waals surface area contributed by atoms with Crippen molar-refractivity contribution < 1.29 is 17.9 Å². The molecule has 35 heavy (non-hydrogen) atoms. The van der Waals surface area contributed by atoms with E-state index in [1.54, 1.807) is 25.1 Å². The van der Waals surface area contributed by atoms with Gasteiger partial charge in [-0.2, -0.15) is 0 Å². The number of carbonyl (C=O) groups is 1. The first-order valence-corrected chi connectivity index (χ1v) is 12.9. The molecule has 180 valence electrons. The second-order valence-electron chi connectivity index (χ2n) is 7.93. The number of ether oxygens (including phenoxy) is 1. The van der Waals surface area contributed by atoms with Crippen LogP contribution in [0.3, 0.4) is 0 Å². The average molecular weight is 509 g/mol. The Morgan fingerprint density at radius 1 is 0.914 bits per heavy atom. The molecule has 0 aromatic heterocycles. The monoisotopic (exact) mass is 508 g/mol. The summed E-state index contributed by atoms with van der Waals surface area (Å²) in [5.74, 6) is 0.288. The fraction of sp³-hybridized carbons (Fsp3) is 0.148. The lowest BCUT2D eigenvalue weighted by Crippen LogP contribution is -2.42. The minimum absolute atomic E-state index is 0.0530. The maximum absolute atomic E-state index is 13.4. The Bertz CT molecular complexity index is 1430. The Balaban J connectivity index is 1.45. The van der Waals surface area contributed by atoms with Crippen LogP contribution in [0.15, 0.2) is 95.9 Å². The van der Waals surface area contributed by atoms with Gasteiger partial charge in [0.1, 0.15) is 18.9 Å². The van der Waals surface area contributed by atoms with Crippen molar-refractivity contribution in [2.45, 2.75) is 11.8 Å². The van der Waals surface area contributed by atoms with E-state index in [-0.39, 0.29) is 24.6 Å². The molecular formula is C27H25ClN2O4S. The number of hydrogen-bond acceptors (Lipinski definition) is 4. The highest BCUT2D eigenvalue weighted by Gasteiger charge is 2.28. The number of carbonyl (C=O) groups excluding carboxylic acids is 1. The zero-order valence-corrected chi connectivity index (χ0v) is 20.7. The van der Waals surface area contributed by atoms with Crippen molar-refractivity contribution in [1.82, 2.24) is 5.32 Å². The van der Waals surface area contributed by atoms with E-state index in [9.17, 15) is 13.2 Å². The molecule has 0 atom stereocenters. The van der Waals surface area contributed by atoms with Crippen molar-refractivity contribution in [3.8, 4) is 5.75 Å². The molecule has 0 saturated heterocycles. The van der Waals surface area contributed by atoms with Crippen LogP contribution in [0.2, 0.25) is 5.02 Å². The Kier molecular flexibility index (Phi) is 7.58. The third-order valence-corrected chi connectivity index (χ3v) is 7.53. The molecule has 0 aliphatic carbocycles. The summed E-state index contributed by atoms with van der Waals surface area (Å²) in [6.07, 6.45) is 0. The van der Waals surface area contributed by atoms with Gasteiger partial charge in [-0.15, -0.1) is 0 Å². The first-order valence-electron chi connectivity index (χ1n) is 11.1. The molecule has 0 aliphatic heterocycles. The van der Waals surface area contributed by atoms with Gasteiger partial charge in [-0.25, -0.2) is 8.42 Å². The summed E-state index contributed by atoms with van der Waals surface area (Å²) in [6.45, 7) is 1.90. The summed E-state index contributed by atoms with van der Waals surface area (Å²) < 4.78 is 33.9. The van der Waals surface area contributed by atoms with E-state index >= 15 is 0 Å². The van der Waals surface area contributed by atoms with Crippen molar-refractivity contribution >= 4 is 44.0 Å². The van der Waals surface area contributed by atoms with E-state index in [4.69, 9.17) is 16.3 Å².